The molecule has 2 rings (SSSR count). The number of nitrogens with zero attached hydrogens (tertiary/aromatic N) is 4. The Kier molecular flexibility index (Phi) is 8.28. The molecule has 160 valence electrons. The molecule has 0 bridgehead atoms. The number of rotatable bonds is 10. The molecule has 9 nitrogen and oxygen atoms in total. The summed E-state index contributed by atoms with van der Waals surface area (Å²) >= 11 is 0. The molecule has 0 fully saturated rings. The Morgan fingerprint density at radius 1 is 1.27 bits per heavy atom. The van der Waals surface area contributed by atoms with Gasteiger partial charge in [-0.2, -0.15) is 0 Å². The number of hydrogen-bond donors (Lipinski definition) is 2. The second-order valence-corrected chi connectivity index (χ2v) is 8.96. The van der Waals surface area contributed by atoms with Gasteiger partial charge in [-0.25, -0.2) is 12.8 Å². The van der Waals surface area contributed by atoms with Crippen LogP contribution in [0.2, 0.25) is 0 Å². The maximum Gasteiger partial charge on any atom is 0.226 e. The van der Waals surface area contributed by atoms with Gasteiger partial charge in [-0.1, -0.05) is 35.4 Å². The summed E-state index contributed by atoms with van der Waals surface area (Å²) in [6.07, 6.45) is 1.86. The molecule has 30 heavy (non-hydrogen) atoms. The second-order valence-electron chi connectivity index (χ2n) is 6.70. The summed E-state index contributed by atoms with van der Waals surface area (Å²) in [5.41, 5.74) is 10.9. The first kappa shape index (κ1) is 23.3. The van der Waals surface area contributed by atoms with Gasteiger partial charge in [-0.05, 0) is 22.7 Å². The fraction of sp³-hybridized carbons (Fsp3) is 0.368. The van der Waals surface area contributed by atoms with Crippen molar-refractivity contribution in [3.63, 3.8) is 0 Å². The van der Waals surface area contributed by atoms with Gasteiger partial charge in [0.1, 0.15) is 29.2 Å². The summed E-state index contributed by atoms with van der Waals surface area (Å²) in [5, 5.41) is 15.7. The molecule has 0 aliphatic carbocycles. The second kappa shape index (κ2) is 10.7. The molecule has 1 heterocycles. The van der Waals surface area contributed by atoms with E-state index in [9.17, 15) is 22.7 Å². The molecule has 2 atom stereocenters. The Hall–Kier alpha value is -3.01. The number of aliphatic hydroxyl groups excluding tert-OH is 1. The molecule has 1 amide bonds. The van der Waals surface area contributed by atoms with Gasteiger partial charge < -0.3 is 10.4 Å². The minimum atomic E-state index is -3.06. The number of aromatic nitrogens is 1. The molecular formula is C19H22FN5O4S. The number of aliphatic hydroxyl groups is 1. The molecule has 0 spiro atoms. The predicted octanol–water partition coefficient (Wildman–Crippen LogP) is 2.13. The van der Waals surface area contributed by atoms with Gasteiger partial charge in [0.2, 0.25) is 5.91 Å². The number of carbonyl (C=O) groups is 1. The first-order valence-corrected chi connectivity index (χ1v) is 11.1. The molecule has 0 aliphatic rings. The lowest BCUT2D eigenvalue weighted by atomic mass is 9.99. The van der Waals surface area contributed by atoms with Crippen LogP contribution in [0.3, 0.4) is 0 Å². The summed E-state index contributed by atoms with van der Waals surface area (Å²) in [6.45, 7) is -1.48. The summed E-state index contributed by atoms with van der Waals surface area (Å²) < 4.78 is 35.8. The molecule has 11 heteroatoms. The van der Waals surface area contributed by atoms with Crippen LogP contribution in [0.25, 0.3) is 21.6 Å². The van der Waals surface area contributed by atoms with Gasteiger partial charge in [-0.15, -0.1) is 0 Å². The minimum Gasteiger partial charge on any atom is -0.386 e. The normalized spacial score (nSPS) is 13.2. The van der Waals surface area contributed by atoms with E-state index in [-0.39, 0.29) is 5.75 Å². The fourth-order valence-electron chi connectivity index (χ4n) is 2.69. The predicted molar refractivity (Wildman–Crippen MR) is 110 cm³/mol. The van der Waals surface area contributed by atoms with Crippen molar-refractivity contribution in [2.75, 3.05) is 25.2 Å². The smallest absolute Gasteiger partial charge is 0.226 e. The highest BCUT2D eigenvalue weighted by Gasteiger charge is 2.22. The molecule has 0 unspecified atom stereocenters. The Morgan fingerprint density at radius 2 is 1.93 bits per heavy atom. The highest BCUT2D eigenvalue weighted by atomic mass is 32.2. The van der Waals surface area contributed by atoms with Crippen molar-refractivity contribution in [1.82, 2.24) is 10.3 Å². The van der Waals surface area contributed by atoms with Crippen molar-refractivity contribution in [2.24, 2.45) is 5.11 Å². The van der Waals surface area contributed by atoms with Gasteiger partial charge in [0.25, 0.3) is 0 Å². The zero-order chi connectivity index (χ0) is 22.1. The first-order chi connectivity index (χ1) is 14.2. The van der Waals surface area contributed by atoms with Crippen LogP contribution < -0.4 is 5.32 Å². The van der Waals surface area contributed by atoms with E-state index >= 15 is 0 Å². The van der Waals surface area contributed by atoms with E-state index in [0.29, 0.717) is 17.7 Å². The number of alkyl halides is 1. The van der Waals surface area contributed by atoms with Gasteiger partial charge in [0, 0.05) is 35.0 Å². The maximum atomic E-state index is 13.3. The molecule has 2 aromatic rings. The van der Waals surface area contributed by atoms with Crippen molar-refractivity contribution in [2.45, 2.75) is 18.6 Å². The Bertz CT molecular complexity index is 1010. The Balaban J connectivity index is 2.06. The SMILES string of the molecule is CS(=O)(=O)CCc1ccc(-c2ccc([C@@H](O)[C@@H](CF)NC(=O)CN=[N+]=[N-])cc2)cn1. The number of sulfone groups is 1. The quantitative estimate of drug-likeness (QED) is 0.334. The van der Waals surface area contributed by atoms with Crippen LogP contribution in [0.1, 0.15) is 17.4 Å². The van der Waals surface area contributed by atoms with E-state index in [1.54, 1.807) is 36.5 Å². The van der Waals surface area contributed by atoms with Crippen LogP contribution in [0.5, 0.6) is 0 Å². The lowest BCUT2D eigenvalue weighted by molar-refractivity contribution is -0.121. The zero-order valence-corrected chi connectivity index (χ0v) is 17.1. The summed E-state index contributed by atoms with van der Waals surface area (Å²) in [5.74, 6) is -0.658. The van der Waals surface area contributed by atoms with Gasteiger partial charge in [0.15, 0.2) is 0 Å². The number of carbonyl (C=O) groups excluding carboxylic acids is 1. The van der Waals surface area contributed by atoms with Crippen molar-refractivity contribution in [3.05, 3.63) is 64.3 Å². The first-order valence-electron chi connectivity index (χ1n) is 9.00. The van der Waals surface area contributed by atoms with Crippen LogP contribution in [0.4, 0.5) is 4.39 Å². The van der Waals surface area contributed by atoms with E-state index in [0.717, 1.165) is 11.1 Å². The number of benzene rings is 1. The van der Waals surface area contributed by atoms with Crippen LogP contribution >= 0.6 is 0 Å². The van der Waals surface area contributed by atoms with Crippen LogP contribution in [-0.4, -0.2) is 55.7 Å². The van der Waals surface area contributed by atoms with E-state index in [2.05, 4.69) is 20.3 Å². The van der Waals surface area contributed by atoms with Crippen LogP contribution in [-0.2, 0) is 21.1 Å². The third-order valence-electron chi connectivity index (χ3n) is 4.31. The summed E-state index contributed by atoms with van der Waals surface area (Å²) in [7, 11) is -3.06. The number of amides is 1. The average Bonchev–Trinajstić information content (AvgIpc) is 2.74. The van der Waals surface area contributed by atoms with E-state index in [1.165, 1.54) is 6.26 Å². The third-order valence-corrected chi connectivity index (χ3v) is 5.26. The number of azide groups is 1. The molecule has 0 saturated carbocycles. The molecule has 1 aromatic carbocycles. The molecule has 0 radical (unpaired) electrons. The molecule has 0 saturated heterocycles. The molecule has 1 aromatic heterocycles. The lowest BCUT2D eigenvalue weighted by Gasteiger charge is -2.21. The van der Waals surface area contributed by atoms with Gasteiger partial charge in [-0.3, -0.25) is 9.78 Å². The van der Waals surface area contributed by atoms with Crippen molar-refractivity contribution < 1.29 is 22.7 Å². The highest BCUT2D eigenvalue weighted by Crippen LogP contribution is 2.23. The average molecular weight is 435 g/mol. The largest absolute Gasteiger partial charge is 0.386 e. The fourth-order valence-corrected chi connectivity index (χ4v) is 3.27. The molecule has 2 N–H and O–H groups in total. The van der Waals surface area contributed by atoms with E-state index < -0.39 is 41.1 Å². The Labute approximate surface area is 173 Å². The third kappa shape index (κ3) is 7.11. The minimum absolute atomic E-state index is 0.0288. The summed E-state index contributed by atoms with van der Waals surface area (Å²) in [4.78, 5) is 18.3. The van der Waals surface area contributed by atoms with Crippen molar-refractivity contribution in [3.8, 4) is 11.1 Å². The van der Waals surface area contributed by atoms with Crippen molar-refractivity contribution >= 4 is 15.7 Å². The number of nitrogens with one attached hydrogen (secondary N) is 1. The highest BCUT2D eigenvalue weighted by molar-refractivity contribution is 7.90. The number of hydrogen-bond acceptors (Lipinski definition) is 6. The van der Waals surface area contributed by atoms with Crippen molar-refractivity contribution in [1.29, 1.82) is 0 Å². The number of halogens is 1. The maximum absolute atomic E-state index is 13.3. The summed E-state index contributed by atoms with van der Waals surface area (Å²) in [6, 6.07) is 9.07. The Morgan fingerprint density at radius 3 is 2.47 bits per heavy atom. The van der Waals surface area contributed by atoms with Crippen LogP contribution in [0, 0.1) is 0 Å². The molecule has 0 aliphatic heterocycles. The zero-order valence-electron chi connectivity index (χ0n) is 16.3. The molecular weight excluding hydrogens is 413 g/mol. The monoisotopic (exact) mass is 435 g/mol. The topological polar surface area (TPSA) is 145 Å². The number of aryl methyl sites for hydroxylation is 1. The van der Waals surface area contributed by atoms with Gasteiger partial charge >= 0.3 is 0 Å². The number of pyridine rings is 1. The lowest BCUT2D eigenvalue weighted by Crippen LogP contribution is -2.41. The standard InChI is InChI=1S/C19H22FN5O4S/c1-30(28,29)9-8-16-7-6-15(11-22-16)13-2-4-14(5-3-13)19(27)17(10-20)24-18(26)12-23-25-21/h2-7,11,17,19,27H,8-10,12H2,1H3,(H,24,26)/t17-,19-/m1/s1. The van der Waals surface area contributed by atoms with E-state index in [4.69, 9.17) is 5.53 Å². The van der Waals surface area contributed by atoms with Gasteiger partial charge in [0.05, 0.1) is 11.8 Å². The van der Waals surface area contributed by atoms with E-state index in [1.807, 2.05) is 6.07 Å². The van der Waals surface area contributed by atoms with Crippen LogP contribution in [0.15, 0.2) is 47.7 Å².